The van der Waals surface area contributed by atoms with Crippen LogP contribution in [0.1, 0.15) is 39.2 Å². The third-order valence-electron chi connectivity index (χ3n) is 2.78. The van der Waals surface area contributed by atoms with Gasteiger partial charge in [0.05, 0.1) is 11.9 Å². The summed E-state index contributed by atoms with van der Waals surface area (Å²) in [6, 6.07) is 10.2. The fraction of sp³-hybridized carbons (Fsp3) is 0.438. The summed E-state index contributed by atoms with van der Waals surface area (Å²) in [5.74, 6) is 1.10. The summed E-state index contributed by atoms with van der Waals surface area (Å²) >= 11 is 0. The van der Waals surface area contributed by atoms with Crippen LogP contribution in [0, 0.1) is 6.92 Å². The van der Waals surface area contributed by atoms with Crippen LogP contribution in [0.3, 0.4) is 0 Å². The van der Waals surface area contributed by atoms with Gasteiger partial charge >= 0.3 is 0 Å². The van der Waals surface area contributed by atoms with Gasteiger partial charge in [-0.1, -0.05) is 45.4 Å². The Hall–Kier alpha value is -1.77. The third-order valence-corrected chi connectivity index (χ3v) is 2.78. The van der Waals surface area contributed by atoms with Crippen molar-refractivity contribution >= 4 is 5.82 Å². The van der Waals surface area contributed by atoms with Crippen molar-refractivity contribution in [2.24, 2.45) is 0 Å². The van der Waals surface area contributed by atoms with Crippen molar-refractivity contribution in [3.05, 3.63) is 42.1 Å². The molecule has 0 amide bonds. The summed E-state index contributed by atoms with van der Waals surface area (Å²) in [6.07, 6.45) is 4.28. The number of hydrogen-bond acceptors (Lipinski definition) is 2. The standard InChI is InChI=1S/C14H19N3.C2H6/c1-3-4-10-15-14-12(2)11-16-17(14)13-8-6-5-7-9-13;1-2/h5-9,11,15H,3-4,10H2,1-2H3;1-2H3. The lowest BCUT2D eigenvalue weighted by Crippen LogP contribution is -2.08. The van der Waals surface area contributed by atoms with Gasteiger partial charge in [0.25, 0.3) is 0 Å². The van der Waals surface area contributed by atoms with Crippen molar-refractivity contribution in [1.82, 2.24) is 9.78 Å². The second-order valence-corrected chi connectivity index (χ2v) is 4.20. The first kappa shape index (κ1) is 15.3. The molecule has 0 aliphatic rings. The highest BCUT2D eigenvalue weighted by Crippen LogP contribution is 2.19. The third kappa shape index (κ3) is 4.12. The summed E-state index contributed by atoms with van der Waals surface area (Å²) in [5.41, 5.74) is 2.28. The van der Waals surface area contributed by atoms with Crippen molar-refractivity contribution in [3.63, 3.8) is 0 Å². The minimum atomic E-state index is 0.996. The maximum Gasteiger partial charge on any atom is 0.132 e. The Kier molecular flexibility index (Phi) is 6.72. The minimum Gasteiger partial charge on any atom is -0.370 e. The van der Waals surface area contributed by atoms with Gasteiger partial charge in [-0.3, -0.25) is 0 Å². The molecule has 0 spiro atoms. The molecule has 0 atom stereocenters. The largest absolute Gasteiger partial charge is 0.370 e. The molecule has 3 heteroatoms. The Labute approximate surface area is 116 Å². The van der Waals surface area contributed by atoms with E-state index in [9.17, 15) is 0 Å². The molecule has 0 radical (unpaired) electrons. The quantitative estimate of drug-likeness (QED) is 0.806. The lowest BCUT2D eigenvalue weighted by molar-refractivity contribution is 0.813. The van der Waals surface area contributed by atoms with Crippen LogP contribution in [0.15, 0.2) is 36.5 Å². The average molecular weight is 259 g/mol. The molecule has 19 heavy (non-hydrogen) atoms. The molecule has 0 aliphatic heterocycles. The van der Waals surface area contributed by atoms with Gasteiger partial charge in [0.15, 0.2) is 0 Å². The lowest BCUT2D eigenvalue weighted by Gasteiger charge is -2.10. The van der Waals surface area contributed by atoms with E-state index in [4.69, 9.17) is 0 Å². The Morgan fingerprint density at radius 2 is 1.84 bits per heavy atom. The molecule has 0 saturated heterocycles. The van der Waals surface area contributed by atoms with Gasteiger partial charge in [-0.05, 0) is 25.5 Å². The number of anilines is 1. The zero-order chi connectivity index (χ0) is 14.1. The van der Waals surface area contributed by atoms with Crippen LogP contribution in [0.2, 0.25) is 0 Å². The Bertz CT molecular complexity index is 460. The van der Waals surface area contributed by atoms with Gasteiger partial charge in [-0.15, -0.1) is 0 Å². The zero-order valence-electron chi connectivity index (χ0n) is 12.5. The molecule has 1 aromatic carbocycles. The number of aryl methyl sites for hydroxylation is 1. The molecule has 3 nitrogen and oxygen atoms in total. The van der Waals surface area contributed by atoms with Crippen LogP contribution in [0.25, 0.3) is 5.69 Å². The monoisotopic (exact) mass is 259 g/mol. The molecule has 2 aromatic rings. The molecule has 1 heterocycles. The highest BCUT2D eigenvalue weighted by Gasteiger charge is 2.07. The van der Waals surface area contributed by atoms with Crippen molar-refractivity contribution < 1.29 is 0 Å². The number of nitrogens with zero attached hydrogens (tertiary/aromatic N) is 2. The molecular weight excluding hydrogens is 234 g/mol. The average Bonchev–Trinajstić information content (AvgIpc) is 2.84. The van der Waals surface area contributed by atoms with E-state index >= 15 is 0 Å². The van der Waals surface area contributed by atoms with Crippen LogP contribution in [0.5, 0.6) is 0 Å². The predicted molar refractivity (Wildman–Crippen MR) is 83.0 cm³/mol. The maximum atomic E-state index is 4.42. The van der Waals surface area contributed by atoms with Crippen LogP contribution >= 0.6 is 0 Å². The summed E-state index contributed by atoms with van der Waals surface area (Å²) in [5, 5.41) is 7.88. The molecule has 0 bridgehead atoms. The van der Waals surface area contributed by atoms with Crippen molar-refractivity contribution in [3.8, 4) is 5.69 Å². The van der Waals surface area contributed by atoms with Crippen LogP contribution in [0.4, 0.5) is 5.82 Å². The Balaban J connectivity index is 0.000000861. The van der Waals surface area contributed by atoms with Gasteiger partial charge in [0.1, 0.15) is 5.82 Å². The lowest BCUT2D eigenvalue weighted by atomic mass is 10.3. The number of benzene rings is 1. The first-order valence-corrected chi connectivity index (χ1v) is 7.17. The summed E-state index contributed by atoms with van der Waals surface area (Å²) in [4.78, 5) is 0. The number of aromatic nitrogens is 2. The molecule has 0 saturated carbocycles. The normalized spacial score (nSPS) is 9.68. The van der Waals surface area contributed by atoms with E-state index in [-0.39, 0.29) is 0 Å². The highest BCUT2D eigenvalue weighted by molar-refractivity contribution is 5.49. The summed E-state index contributed by atoms with van der Waals surface area (Å²) < 4.78 is 1.96. The van der Waals surface area contributed by atoms with E-state index in [1.54, 1.807) is 0 Å². The van der Waals surface area contributed by atoms with E-state index in [0.717, 1.165) is 18.1 Å². The van der Waals surface area contributed by atoms with Crippen LogP contribution < -0.4 is 5.32 Å². The topological polar surface area (TPSA) is 29.9 Å². The van der Waals surface area contributed by atoms with Gasteiger partial charge in [0.2, 0.25) is 0 Å². The van der Waals surface area contributed by atoms with E-state index in [0.29, 0.717) is 0 Å². The molecule has 0 fully saturated rings. The second kappa shape index (κ2) is 8.35. The molecular formula is C16H25N3. The SMILES string of the molecule is CC.CCCCNc1c(C)cnn1-c1ccccc1. The highest BCUT2D eigenvalue weighted by atomic mass is 15.3. The van der Waals surface area contributed by atoms with E-state index < -0.39 is 0 Å². The Morgan fingerprint density at radius 3 is 2.47 bits per heavy atom. The maximum absolute atomic E-state index is 4.42. The smallest absolute Gasteiger partial charge is 0.132 e. The second-order valence-electron chi connectivity index (χ2n) is 4.20. The number of unbranched alkanes of at least 4 members (excludes halogenated alkanes) is 1. The van der Waals surface area contributed by atoms with E-state index in [1.807, 2.05) is 42.9 Å². The van der Waals surface area contributed by atoms with E-state index in [2.05, 4.69) is 36.4 Å². The molecule has 0 unspecified atom stereocenters. The molecule has 1 N–H and O–H groups in total. The van der Waals surface area contributed by atoms with Crippen molar-refractivity contribution in [1.29, 1.82) is 0 Å². The summed E-state index contributed by atoms with van der Waals surface area (Å²) in [7, 11) is 0. The van der Waals surface area contributed by atoms with Gasteiger partial charge in [0, 0.05) is 12.1 Å². The van der Waals surface area contributed by atoms with E-state index in [1.165, 1.54) is 18.4 Å². The number of para-hydroxylation sites is 1. The zero-order valence-corrected chi connectivity index (χ0v) is 12.5. The molecule has 2 rings (SSSR count). The number of hydrogen-bond donors (Lipinski definition) is 1. The molecule has 104 valence electrons. The fourth-order valence-corrected chi connectivity index (χ4v) is 1.79. The summed E-state index contributed by atoms with van der Waals surface area (Å²) in [6.45, 7) is 9.28. The first-order valence-electron chi connectivity index (χ1n) is 7.17. The molecule has 0 aliphatic carbocycles. The van der Waals surface area contributed by atoms with Gasteiger partial charge < -0.3 is 5.32 Å². The van der Waals surface area contributed by atoms with Crippen LogP contribution in [-0.4, -0.2) is 16.3 Å². The minimum absolute atomic E-state index is 0.996. The molecule has 1 aromatic heterocycles. The van der Waals surface area contributed by atoms with Crippen LogP contribution in [-0.2, 0) is 0 Å². The van der Waals surface area contributed by atoms with Crippen molar-refractivity contribution in [2.45, 2.75) is 40.5 Å². The Morgan fingerprint density at radius 1 is 1.16 bits per heavy atom. The van der Waals surface area contributed by atoms with Gasteiger partial charge in [-0.25, -0.2) is 4.68 Å². The van der Waals surface area contributed by atoms with Crippen molar-refractivity contribution in [2.75, 3.05) is 11.9 Å². The van der Waals surface area contributed by atoms with Gasteiger partial charge in [-0.2, -0.15) is 5.10 Å². The predicted octanol–water partition coefficient (Wildman–Crippen LogP) is 4.42. The fourth-order valence-electron chi connectivity index (χ4n) is 1.79. The first-order chi connectivity index (χ1) is 9.33. The number of rotatable bonds is 5. The number of nitrogens with one attached hydrogen (secondary N) is 1.